The van der Waals surface area contributed by atoms with Gasteiger partial charge in [-0.2, -0.15) is 0 Å². The molecule has 0 aromatic carbocycles. The first-order valence-electron chi connectivity index (χ1n) is 5.58. The Bertz CT molecular complexity index is 431. The molecule has 1 aromatic rings. The van der Waals surface area contributed by atoms with E-state index >= 15 is 0 Å². The lowest BCUT2D eigenvalue weighted by Crippen LogP contribution is -2.40. The Hall–Kier alpha value is -1.63. The minimum atomic E-state index is -1.03. The van der Waals surface area contributed by atoms with Crippen LogP contribution in [0.15, 0.2) is 6.20 Å². The molecule has 0 radical (unpaired) electrons. The van der Waals surface area contributed by atoms with Gasteiger partial charge < -0.3 is 10.0 Å². The van der Waals surface area contributed by atoms with Crippen molar-refractivity contribution in [3.8, 4) is 0 Å². The van der Waals surface area contributed by atoms with Crippen LogP contribution < -0.4 is 5.32 Å². The topological polar surface area (TPSA) is 82.5 Å². The van der Waals surface area contributed by atoms with Crippen LogP contribution in [-0.4, -0.2) is 40.1 Å². The molecule has 1 aromatic heterocycles. The Morgan fingerprint density at radius 2 is 2.22 bits per heavy atom. The van der Waals surface area contributed by atoms with E-state index in [9.17, 15) is 9.59 Å². The number of hydrogen-bond acceptors (Lipinski definition) is 4. The third-order valence-corrected chi connectivity index (χ3v) is 2.86. The number of urea groups is 1. The van der Waals surface area contributed by atoms with Crippen molar-refractivity contribution in [2.24, 2.45) is 5.92 Å². The fourth-order valence-electron chi connectivity index (χ4n) is 1.41. The number of thiazole rings is 1. The molecule has 2 N–H and O–H groups in total. The van der Waals surface area contributed by atoms with Crippen molar-refractivity contribution in [1.82, 2.24) is 9.88 Å². The lowest BCUT2D eigenvalue weighted by Gasteiger charge is -2.22. The van der Waals surface area contributed by atoms with Crippen LogP contribution in [0.4, 0.5) is 9.93 Å². The van der Waals surface area contributed by atoms with Gasteiger partial charge in [0.05, 0.1) is 0 Å². The summed E-state index contributed by atoms with van der Waals surface area (Å²) < 4.78 is 0. The number of carbonyl (C=O) groups is 2. The number of rotatable bonds is 5. The Balaban J connectivity index is 2.66. The summed E-state index contributed by atoms with van der Waals surface area (Å²) in [6.45, 7) is 5.82. The molecule has 0 aliphatic heterocycles. The summed E-state index contributed by atoms with van der Waals surface area (Å²) in [7, 11) is 0. The molecule has 0 aliphatic carbocycles. The molecular weight excluding hydrogens is 254 g/mol. The number of aryl methyl sites for hydroxylation is 1. The second-order valence-electron chi connectivity index (χ2n) is 4.37. The number of aromatic nitrogens is 1. The first-order chi connectivity index (χ1) is 8.38. The molecular formula is C11H17N3O3S. The van der Waals surface area contributed by atoms with E-state index in [0.29, 0.717) is 11.7 Å². The van der Waals surface area contributed by atoms with E-state index in [2.05, 4.69) is 10.3 Å². The highest BCUT2D eigenvalue weighted by Crippen LogP contribution is 2.17. The van der Waals surface area contributed by atoms with Gasteiger partial charge in [-0.05, 0) is 12.8 Å². The number of anilines is 1. The first-order valence-corrected chi connectivity index (χ1v) is 6.40. The van der Waals surface area contributed by atoms with Crippen molar-refractivity contribution in [1.29, 1.82) is 0 Å². The van der Waals surface area contributed by atoms with Gasteiger partial charge in [-0.15, -0.1) is 11.3 Å². The van der Waals surface area contributed by atoms with Gasteiger partial charge >= 0.3 is 12.0 Å². The molecule has 2 amide bonds. The highest BCUT2D eigenvalue weighted by Gasteiger charge is 2.18. The molecule has 1 heterocycles. The maximum absolute atomic E-state index is 11.9. The second-order valence-corrected chi connectivity index (χ2v) is 5.61. The highest BCUT2D eigenvalue weighted by molar-refractivity contribution is 7.15. The summed E-state index contributed by atoms with van der Waals surface area (Å²) >= 11 is 1.35. The molecule has 0 unspecified atom stereocenters. The van der Waals surface area contributed by atoms with Crippen molar-refractivity contribution < 1.29 is 14.7 Å². The zero-order valence-corrected chi connectivity index (χ0v) is 11.5. The van der Waals surface area contributed by atoms with Crippen LogP contribution in [0.5, 0.6) is 0 Å². The van der Waals surface area contributed by atoms with E-state index in [4.69, 9.17) is 5.11 Å². The van der Waals surface area contributed by atoms with Gasteiger partial charge in [-0.1, -0.05) is 13.8 Å². The maximum Gasteiger partial charge on any atom is 0.324 e. The highest BCUT2D eigenvalue weighted by atomic mass is 32.1. The smallest absolute Gasteiger partial charge is 0.324 e. The van der Waals surface area contributed by atoms with Gasteiger partial charge in [0, 0.05) is 17.6 Å². The predicted octanol–water partition coefficient (Wildman–Crippen LogP) is 2.03. The lowest BCUT2D eigenvalue weighted by atomic mass is 10.2. The summed E-state index contributed by atoms with van der Waals surface area (Å²) in [5.41, 5.74) is 0. The minimum absolute atomic E-state index is 0.202. The van der Waals surface area contributed by atoms with Gasteiger partial charge in [0.2, 0.25) is 0 Å². The molecule has 100 valence electrons. The molecule has 0 atom stereocenters. The maximum atomic E-state index is 11.9. The molecule has 1 rings (SSSR count). The SMILES string of the molecule is Cc1cnc(NC(=O)N(CC(=O)O)CC(C)C)s1. The summed E-state index contributed by atoms with van der Waals surface area (Å²) in [5, 5.41) is 11.9. The van der Waals surface area contributed by atoms with Gasteiger partial charge in [-0.25, -0.2) is 9.78 Å². The molecule has 0 aliphatic rings. The van der Waals surface area contributed by atoms with E-state index in [1.807, 2.05) is 20.8 Å². The summed E-state index contributed by atoms with van der Waals surface area (Å²) in [6, 6.07) is -0.430. The van der Waals surface area contributed by atoms with Crippen molar-refractivity contribution in [3.05, 3.63) is 11.1 Å². The van der Waals surface area contributed by atoms with E-state index < -0.39 is 12.0 Å². The van der Waals surface area contributed by atoms with Gasteiger partial charge in [0.25, 0.3) is 0 Å². The molecule has 18 heavy (non-hydrogen) atoms. The van der Waals surface area contributed by atoms with Crippen LogP contribution in [0.1, 0.15) is 18.7 Å². The lowest BCUT2D eigenvalue weighted by molar-refractivity contribution is -0.137. The number of nitrogens with one attached hydrogen (secondary N) is 1. The van der Waals surface area contributed by atoms with Crippen LogP contribution in [0, 0.1) is 12.8 Å². The zero-order valence-electron chi connectivity index (χ0n) is 10.6. The number of nitrogens with zero attached hydrogens (tertiary/aromatic N) is 2. The minimum Gasteiger partial charge on any atom is -0.480 e. The average molecular weight is 271 g/mol. The average Bonchev–Trinajstić information content (AvgIpc) is 2.61. The van der Waals surface area contributed by atoms with E-state index in [1.54, 1.807) is 6.20 Å². The normalized spacial score (nSPS) is 10.4. The molecule has 7 heteroatoms. The van der Waals surface area contributed by atoms with Crippen LogP contribution in [0.25, 0.3) is 0 Å². The Morgan fingerprint density at radius 1 is 1.56 bits per heavy atom. The van der Waals surface area contributed by atoms with E-state index in [-0.39, 0.29) is 12.5 Å². The van der Waals surface area contributed by atoms with Gasteiger partial charge in [0.1, 0.15) is 6.54 Å². The Kier molecular flexibility index (Phi) is 5.08. The molecule has 0 spiro atoms. The zero-order chi connectivity index (χ0) is 13.7. The number of carboxylic acid groups (broad SMARTS) is 1. The third kappa shape index (κ3) is 4.70. The first kappa shape index (κ1) is 14.4. The largest absolute Gasteiger partial charge is 0.480 e. The number of carboxylic acids is 1. The molecule has 0 saturated carbocycles. The molecule has 0 bridgehead atoms. The van der Waals surface area contributed by atoms with Crippen molar-refractivity contribution >= 4 is 28.5 Å². The van der Waals surface area contributed by atoms with Crippen LogP contribution in [0.2, 0.25) is 0 Å². The number of carbonyl (C=O) groups excluding carboxylic acids is 1. The third-order valence-electron chi connectivity index (χ3n) is 2.03. The number of aliphatic carboxylic acids is 1. The Morgan fingerprint density at radius 3 is 2.67 bits per heavy atom. The van der Waals surface area contributed by atoms with Crippen molar-refractivity contribution in [3.63, 3.8) is 0 Å². The number of hydrogen-bond donors (Lipinski definition) is 2. The fraction of sp³-hybridized carbons (Fsp3) is 0.545. The summed E-state index contributed by atoms with van der Waals surface area (Å²) in [6.07, 6.45) is 1.66. The van der Waals surface area contributed by atoms with E-state index in [1.165, 1.54) is 16.2 Å². The molecule has 6 nitrogen and oxygen atoms in total. The fourth-order valence-corrected chi connectivity index (χ4v) is 2.06. The van der Waals surface area contributed by atoms with Crippen molar-refractivity contribution in [2.45, 2.75) is 20.8 Å². The number of amides is 2. The molecule has 0 fully saturated rings. The Labute approximate surface area is 110 Å². The summed E-state index contributed by atoms with van der Waals surface area (Å²) in [4.78, 5) is 28.9. The molecule has 0 saturated heterocycles. The van der Waals surface area contributed by atoms with Gasteiger partial charge in [-0.3, -0.25) is 10.1 Å². The standard InChI is InChI=1S/C11H17N3O3S/c1-7(2)5-14(6-9(15)16)11(17)13-10-12-4-8(3)18-10/h4,7H,5-6H2,1-3H3,(H,15,16)(H,12,13,17). The summed E-state index contributed by atoms with van der Waals surface area (Å²) in [5.74, 6) is -0.825. The van der Waals surface area contributed by atoms with E-state index in [0.717, 1.165) is 4.88 Å². The van der Waals surface area contributed by atoms with Crippen LogP contribution in [0.3, 0.4) is 0 Å². The van der Waals surface area contributed by atoms with Crippen molar-refractivity contribution in [2.75, 3.05) is 18.4 Å². The predicted molar refractivity (Wildman–Crippen MR) is 69.9 cm³/mol. The quantitative estimate of drug-likeness (QED) is 0.858. The van der Waals surface area contributed by atoms with Gasteiger partial charge in [0.15, 0.2) is 5.13 Å². The monoisotopic (exact) mass is 271 g/mol. The van der Waals surface area contributed by atoms with Crippen LogP contribution in [-0.2, 0) is 4.79 Å². The van der Waals surface area contributed by atoms with Crippen LogP contribution >= 0.6 is 11.3 Å². The second kappa shape index (κ2) is 6.34.